The molecule has 2 rings (SSSR count). The normalized spacial score (nSPS) is 9.56. The summed E-state index contributed by atoms with van der Waals surface area (Å²) in [5.74, 6) is -0.567. The number of hydrogen-bond acceptors (Lipinski definition) is 2. The fourth-order valence-electron chi connectivity index (χ4n) is 1.70. The largest absolute Gasteiger partial charge is 0.329 e. The molecule has 3 heteroatoms. The molecule has 2 aromatic carbocycles. The first kappa shape index (κ1) is 11.9. The second-order valence-corrected chi connectivity index (χ2v) is 3.89. The number of carbonyl (C=O) groups is 1. The van der Waals surface area contributed by atoms with Crippen molar-refractivity contribution in [1.82, 2.24) is 0 Å². The molecule has 0 unspecified atom stereocenters. The minimum atomic E-state index is -0.567. The molecule has 0 aliphatic rings. The van der Waals surface area contributed by atoms with E-state index in [4.69, 9.17) is 5.26 Å². The number of nitrogens with zero attached hydrogens (tertiary/aromatic N) is 2. The average Bonchev–Trinajstić information content (AvgIpc) is 2.47. The zero-order valence-corrected chi connectivity index (χ0v) is 10.00. The molecule has 0 aliphatic carbocycles. The van der Waals surface area contributed by atoms with Gasteiger partial charge >= 0.3 is 5.91 Å². The Morgan fingerprint density at radius 1 is 1.00 bits per heavy atom. The van der Waals surface area contributed by atoms with Gasteiger partial charge in [0, 0.05) is 12.7 Å². The summed E-state index contributed by atoms with van der Waals surface area (Å²) in [4.78, 5) is 12.6. The van der Waals surface area contributed by atoms with Gasteiger partial charge in [-0.2, -0.15) is 5.26 Å². The first-order valence-electron chi connectivity index (χ1n) is 5.55. The zero-order valence-electron chi connectivity index (χ0n) is 10.00. The molecule has 2 aromatic rings. The first-order valence-corrected chi connectivity index (χ1v) is 5.55. The third-order valence-corrected chi connectivity index (χ3v) is 2.76. The van der Waals surface area contributed by atoms with Gasteiger partial charge in [-0.3, -0.25) is 4.79 Å². The molecule has 88 valence electrons. The van der Waals surface area contributed by atoms with Gasteiger partial charge in [0.15, 0.2) is 6.07 Å². The van der Waals surface area contributed by atoms with Crippen LogP contribution in [0.15, 0.2) is 54.6 Å². The summed E-state index contributed by atoms with van der Waals surface area (Å²) in [5, 5.41) is 8.56. The van der Waals surface area contributed by atoms with E-state index in [1.807, 2.05) is 54.6 Å². The van der Waals surface area contributed by atoms with Crippen molar-refractivity contribution in [1.29, 1.82) is 5.26 Å². The van der Waals surface area contributed by atoms with E-state index in [2.05, 4.69) is 0 Å². The van der Waals surface area contributed by atoms with Crippen LogP contribution >= 0.6 is 0 Å². The van der Waals surface area contributed by atoms with Crippen LogP contribution in [0.1, 0.15) is 0 Å². The Kier molecular flexibility index (Phi) is 3.40. The van der Waals surface area contributed by atoms with Crippen LogP contribution in [0.4, 0.5) is 5.69 Å². The molecule has 1 amide bonds. The van der Waals surface area contributed by atoms with Crippen LogP contribution < -0.4 is 4.90 Å². The van der Waals surface area contributed by atoms with Gasteiger partial charge in [-0.25, -0.2) is 0 Å². The quantitative estimate of drug-likeness (QED) is 0.752. The lowest BCUT2D eigenvalue weighted by Crippen LogP contribution is -2.24. The van der Waals surface area contributed by atoms with Gasteiger partial charge in [0.1, 0.15) is 0 Å². The minimum Gasteiger partial charge on any atom is -0.303 e. The smallest absolute Gasteiger partial charge is 0.303 e. The highest BCUT2D eigenvalue weighted by Crippen LogP contribution is 2.22. The number of rotatable bonds is 2. The van der Waals surface area contributed by atoms with Crippen molar-refractivity contribution in [3.05, 3.63) is 54.6 Å². The SMILES string of the molecule is CN(C(=O)C#N)c1ccc(-c2ccccc2)cc1. The van der Waals surface area contributed by atoms with Crippen LogP contribution in [0, 0.1) is 11.3 Å². The third-order valence-electron chi connectivity index (χ3n) is 2.76. The lowest BCUT2D eigenvalue weighted by Gasteiger charge is -2.13. The highest BCUT2D eigenvalue weighted by molar-refractivity contribution is 6.03. The first-order chi connectivity index (χ1) is 8.72. The average molecular weight is 236 g/mol. The van der Waals surface area contributed by atoms with Crippen LogP contribution in [0.5, 0.6) is 0 Å². The van der Waals surface area contributed by atoms with E-state index < -0.39 is 5.91 Å². The van der Waals surface area contributed by atoms with E-state index in [-0.39, 0.29) is 0 Å². The molecule has 18 heavy (non-hydrogen) atoms. The number of carbonyl (C=O) groups excluding carboxylic acids is 1. The highest BCUT2D eigenvalue weighted by Gasteiger charge is 2.09. The molecule has 0 saturated carbocycles. The maximum atomic E-state index is 11.2. The van der Waals surface area contributed by atoms with Crippen LogP contribution in [0.25, 0.3) is 11.1 Å². The lowest BCUT2D eigenvalue weighted by molar-refractivity contribution is -0.113. The standard InChI is InChI=1S/C15H12N2O/c1-17(15(18)11-16)14-9-7-13(8-10-14)12-5-3-2-4-6-12/h2-10H,1H3. The van der Waals surface area contributed by atoms with Crippen molar-refractivity contribution < 1.29 is 4.79 Å². The summed E-state index contributed by atoms with van der Waals surface area (Å²) in [6.45, 7) is 0. The number of anilines is 1. The summed E-state index contributed by atoms with van der Waals surface area (Å²) >= 11 is 0. The fourth-order valence-corrected chi connectivity index (χ4v) is 1.70. The van der Waals surface area contributed by atoms with Crippen LogP contribution in [-0.4, -0.2) is 13.0 Å². The van der Waals surface area contributed by atoms with Gasteiger partial charge < -0.3 is 4.90 Å². The van der Waals surface area contributed by atoms with Crippen LogP contribution in [-0.2, 0) is 4.79 Å². The van der Waals surface area contributed by atoms with Gasteiger partial charge in [0.05, 0.1) is 0 Å². The van der Waals surface area contributed by atoms with Crippen molar-refractivity contribution in [2.75, 3.05) is 11.9 Å². The van der Waals surface area contributed by atoms with E-state index in [9.17, 15) is 4.79 Å². The van der Waals surface area contributed by atoms with E-state index in [0.29, 0.717) is 5.69 Å². The zero-order chi connectivity index (χ0) is 13.0. The molecule has 0 fully saturated rings. The van der Waals surface area contributed by atoms with Gasteiger partial charge in [0.2, 0.25) is 0 Å². The number of nitriles is 1. The molecule has 0 bridgehead atoms. The predicted octanol–water partition coefficient (Wildman–Crippen LogP) is 2.84. The van der Waals surface area contributed by atoms with Gasteiger partial charge in [-0.05, 0) is 23.3 Å². The Bertz CT molecular complexity index is 582. The molecule has 0 aliphatic heterocycles. The topological polar surface area (TPSA) is 44.1 Å². The highest BCUT2D eigenvalue weighted by atomic mass is 16.2. The third kappa shape index (κ3) is 2.38. The number of amides is 1. The summed E-state index contributed by atoms with van der Waals surface area (Å²) in [5.41, 5.74) is 2.91. The molecular formula is C15H12N2O. The van der Waals surface area contributed by atoms with Gasteiger partial charge in [0.25, 0.3) is 0 Å². The minimum absolute atomic E-state index is 0.567. The molecule has 0 atom stereocenters. The molecule has 0 aromatic heterocycles. The molecule has 0 heterocycles. The van der Waals surface area contributed by atoms with Crippen LogP contribution in [0.3, 0.4) is 0 Å². The maximum absolute atomic E-state index is 11.2. The monoisotopic (exact) mass is 236 g/mol. The van der Waals surface area contributed by atoms with Gasteiger partial charge in [-0.1, -0.05) is 42.5 Å². The van der Waals surface area contributed by atoms with Crippen molar-refractivity contribution in [2.24, 2.45) is 0 Å². The Morgan fingerprint density at radius 2 is 1.56 bits per heavy atom. The van der Waals surface area contributed by atoms with Crippen molar-refractivity contribution in [2.45, 2.75) is 0 Å². The molecule has 0 saturated heterocycles. The Balaban J connectivity index is 2.26. The van der Waals surface area contributed by atoms with Crippen molar-refractivity contribution >= 4 is 11.6 Å². The molecular weight excluding hydrogens is 224 g/mol. The van der Waals surface area contributed by atoms with E-state index in [1.54, 1.807) is 13.1 Å². The maximum Gasteiger partial charge on any atom is 0.329 e. The molecule has 0 N–H and O–H groups in total. The van der Waals surface area contributed by atoms with Crippen molar-refractivity contribution in [3.63, 3.8) is 0 Å². The summed E-state index contributed by atoms with van der Waals surface area (Å²) in [6.07, 6.45) is 0. The molecule has 0 radical (unpaired) electrons. The molecule has 0 spiro atoms. The number of hydrogen-bond donors (Lipinski definition) is 0. The Labute approximate surface area is 106 Å². The van der Waals surface area contributed by atoms with Gasteiger partial charge in [-0.15, -0.1) is 0 Å². The van der Waals surface area contributed by atoms with E-state index >= 15 is 0 Å². The Morgan fingerprint density at radius 3 is 2.11 bits per heavy atom. The Hall–Kier alpha value is -2.60. The fraction of sp³-hybridized carbons (Fsp3) is 0.0667. The number of benzene rings is 2. The molecule has 3 nitrogen and oxygen atoms in total. The van der Waals surface area contributed by atoms with E-state index in [0.717, 1.165) is 11.1 Å². The van der Waals surface area contributed by atoms with Crippen LogP contribution in [0.2, 0.25) is 0 Å². The second-order valence-electron chi connectivity index (χ2n) is 3.89. The summed E-state index contributed by atoms with van der Waals surface area (Å²) in [6, 6.07) is 19.1. The predicted molar refractivity (Wildman–Crippen MR) is 70.9 cm³/mol. The second kappa shape index (κ2) is 5.15. The summed E-state index contributed by atoms with van der Waals surface area (Å²) in [7, 11) is 1.59. The lowest BCUT2D eigenvalue weighted by atomic mass is 10.1. The van der Waals surface area contributed by atoms with E-state index in [1.165, 1.54) is 4.90 Å². The summed E-state index contributed by atoms with van der Waals surface area (Å²) < 4.78 is 0. The van der Waals surface area contributed by atoms with Crippen molar-refractivity contribution in [3.8, 4) is 17.2 Å².